The maximum atomic E-state index is 12.6. The molecule has 0 atom stereocenters. The summed E-state index contributed by atoms with van der Waals surface area (Å²) < 4.78 is 0. The monoisotopic (exact) mass is 280 g/mol. The minimum absolute atomic E-state index is 0.254. The maximum absolute atomic E-state index is 12.6. The number of thiocyanates is 1. The van der Waals surface area contributed by atoms with Crippen molar-refractivity contribution in [2.75, 3.05) is 5.73 Å². The number of thioether (sulfide) groups is 1. The molecule has 0 heterocycles. The molecule has 4 nitrogen and oxygen atoms in total. The largest absolute Gasteiger partial charge is 0.398 e. The van der Waals surface area contributed by atoms with Crippen LogP contribution in [0.1, 0.15) is 31.8 Å². The fourth-order valence-corrected chi connectivity index (χ4v) is 2.92. The van der Waals surface area contributed by atoms with Crippen molar-refractivity contribution >= 4 is 29.0 Å². The van der Waals surface area contributed by atoms with Gasteiger partial charge in [0.15, 0.2) is 11.6 Å². The SMILES string of the molecule is N#CSc1cccc2c1C(=O)c1cccc(N)c1C2=O. The fraction of sp³-hybridized carbons (Fsp3) is 0. The lowest BCUT2D eigenvalue weighted by Gasteiger charge is -2.20. The van der Waals surface area contributed by atoms with Crippen LogP contribution in [-0.2, 0) is 0 Å². The number of ketones is 2. The predicted octanol–water partition coefficient (Wildman–Crippen LogP) is 2.62. The molecular formula is C15H8N2O2S. The molecule has 0 spiro atoms. The lowest BCUT2D eigenvalue weighted by atomic mass is 9.83. The summed E-state index contributed by atoms with van der Waals surface area (Å²) in [6.07, 6.45) is 0. The van der Waals surface area contributed by atoms with E-state index in [1.54, 1.807) is 36.4 Å². The van der Waals surface area contributed by atoms with Gasteiger partial charge in [-0.1, -0.05) is 24.3 Å². The summed E-state index contributed by atoms with van der Waals surface area (Å²) in [5.41, 5.74) is 7.27. The Morgan fingerprint density at radius 2 is 1.55 bits per heavy atom. The molecule has 0 unspecified atom stereocenters. The van der Waals surface area contributed by atoms with Crippen LogP contribution in [0.2, 0.25) is 0 Å². The molecule has 3 rings (SSSR count). The van der Waals surface area contributed by atoms with Crippen LogP contribution in [0.4, 0.5) is 5.69 Å². The van der Waals surface area contributed by atoms with Gasteiger partial charge >= 0.3 is 0 Å². The van der Waals surface area contributed by atoms with Crippen LogP contribution in [0.25, 0.3) is 0 Å². The van der Waals surface area contributed by atoms with Gasteiger partial charge in [-0.2, -0.15) is 5.26 Å². The Bertz CT molecular complexity index is 806. The number of carbonyl (C=O) groups excluding carboxylic acids is 2. The summed E-state index contributed by atoms with van der Waals surface area (Å²) in [5.74, 6) is -0.534. The fourth-order valence-electron chi connectivity index (χ4n) is 2.37. The van der Waals surface area contributed by atoms with Crippen LogP contribution in [0, 0.1) is 10.7 Å². The van der Waals surface area contributed by atoms with E-state index in [0.29, 0.717) is 27.3 Å². The van der Waals surface area contributed by atoms with E-state index in [9.17, 15) is 9.59 Å². The zero-order valence-corrected chi connectivity index (χ0v) is 11.0. The van der Waals surface area contributed by atoms with Gasteiger partial charge in [0.25, 0.3) is 0 Å². The number of hydrogen-bond donors (Lipinski definition) is 1. The Hall–Kier alpha value is -2.58. The van der Waals surface area contributed by atoms with Crippen molar-refractivity contribution in [2.24, 2.45) is 0 Å². The average Bonchev–Trinajstić information content (AvgIpc) is 2.45. The lowest BCUT2D eigenvalue weighted by Crippen LogP contribution is -2.22. The van der Waals surface area contributed by atoms with E-state index in [4.69, 9.17) is 11.0 Å². The highest BCUT2D eigenvalue weighted by molar-refractivity contribution is 8.03. The topological polar surface area (TPSA) is 83.9 Å². The molecular weight excluding hydrogens is 272 g/mol. The Kier molecular flexibility index (Phi) is 2.81. The van der Waals surface area contributed by atoms with Crippen molar-refractivity contribution in [1.82, 2.24) is 0 Å². The van der Waals surface area contributed by atoms with Crippen LogP contribution in [0.15, 0.2) is 41.3 Å². The normalized spacial score (nSPS) is 12.6. The highest BCUT2D eigenvalue weighted by atomic mass is 32.2. The molecule has 0 amide bonds. The number of benzene rings is 2. The van der Waals surface area contributed by atoms with Gasteiger partial charge in [-0.25, -0.2) is 0 Å². The second-order valence-corrected chi connectivity index (χ2v) is 5.13. The number of fused-ring (bicyclic) bond motifs is 2. The van der Waals surface area contributed by atoms with Crippen LogP contribution >= 0.6 is 11.8 Å². The van der Waals surface area contributed by atoms with E-state index >= 15 is 0 Å². The van der Waals surface area contributed by atoms with E-state index in [1.807, 2.05) is 5.40 Å². The third-order valence-electron chi connectivity index (χ3n) is 3.22. The van der Waals surface area contributed by atoms with E-state index in [1.165, 1.54) is 0 Å². The third-order valence-corrected chi connectivity index (χ3v) is 3.87. The number of nitrogens with two attached hydrogens (primary N) is 1. The van der Waals surface area contributed by atoms with Crippen molar-refractivity contribution in [3.63, 3.8) is 0 Å². The molecule has 0 saturated carbocycles. The number of nitrogens with zero attached hydrogens (tertiary/aromatic N) is 1. The quantitative estimate of drug-likeness (QED) is 0.421. The number of nitriles is 1. The first kappa shape index (κ1) is 12.5. The van der Waals surface area contributed by atoms with E-state index < -0.39 is 0 Å². The Morgan fingerprint density at radius 1 is 0.950 bits per heavy atom. The van der Waals surface area contributed by atoms with Crippen molar-refractivity contribution in [3.8, 4) is 5.40 Å². The molecule has 2 aromatic carbocycles. The highest BCUT2D eigenvalue weighted by Crippen LogP contribution is 2.35. The molecule has 5 heteroatoms. The lowest BCUT2D eigenvalue weighted by molar-refractivity contribution is 0.0977. The second-order valence-electron chi connectivity index (χ2n) is 4.30. The molecule has 0 aliphatic heterocycles. The molecule has 0 aromatic heterocycles. The maximum Gasteiger partial charge on any atom is 0.196 e. The summed E-state index contributed by atoms with van der Waals surface area (Å²) in [4.78, 5) is 25.6. The zero-order valence-electron chi connectivity index (χ0n) is 10.2. The van der Waals surface area contributed by atoms with Crippen molar-refractivity contribution < 1.29 is 9.59 Å². The molecule has 2 aromatic rings. The van der Waals surface area contributed by atoms with Crippen molar-refractivity contribution in [1.29, 1.82) is 5.26 Å². The van der Waals surface area contributed by atoms with Crippen molar-refractivity contribution in [3.05, 3.63) is 58.7 Å². The zero-order chi connectivity index (χ0) is 14.3. The molecule has 96 valence electrons. The van der Waals surface area contributed by atoms with Crippen molar-refractivity contribution in [2.45, 2.75) is 4.90 Å². The van der Waals surface area contributed by atoms with Crippen LogP contribution in [0.3, 0.4) is 0 Å². The van der Waals surface area contributed by atoms with Gasteiger partial charge in [0, 0.05) is 27.3 Å². The summed E-state index contributed by atoms with van der Waals surface area (Å²) in [7, 11) is 0. The first-order valence-electron chi connectivity index (χ1n) is 5.82. The molecule has 0 radical (unpaired) electrons. The average molecular weight is 280 g/mol. The van der Waals surface area contributed by atoms with Gasteiger partial charge in [-0.05, 0) is 23.9 Å². The first-order valence-corrected chi connectivity index (χ1v) is 6.63. The summed E-state index contributed by atoms with van der Waals surface area (Å²) >= 11 is 0.876. The smallest absolute Gasteiger partial charge is 0.196 e. The molecule has 0 fully saturated rings. The third kappa shape index (κ3) is 1.63. The van der Waals surface area contributed by atoms with E-state index in [0.717, 1.165) is 11.8 Å². The predicted molar refractivity (Wildman–Crippen MR) is 75.6 cm³/mol. The standard InChI is InChI=1S/C15H8N2O2S/c16-7-20-11-6-2-4-9-13(11)15(19)8-3-1-5-10(17)12(8)14(9)18/h1-6H,17H2. The number of hydrogen-bond acceptors (Lipinski definition) is 5. The van der Waals surface area contributed by atoms with Crippen LogP contribution in [-0.4, -0.2) is 11.6 Å². The molecule has 0 bridgehead atoms. The second kappa shape index (κ2) is 4.51. The molecule has 2 N–H and O–H groups in total. The highest BCUT2D eigenvalue weighted by Gasteiger charge is 2.32. The first-order chi connectivity index (χ1) is 9.65. The van der Waals surface area contributed by atoms with Gasteiger partial charge in [-0.15, -0.1) is 0 Å². The van der Waals surface area contributed by atoms with Gasteiger partial charge in [0.05, 0.1) is 5.56 Å². The Balaban J connectivity index is 2.33. The van der Waals surface area contributed by atoms with E-state index in [2.05, 4.69) is 0 Å². The molecule has 1 aliphatic carbocycles. The number of anilines is 1. The summed E-state index contributed by atoms with van der Waals surface area (Å²) in [6.45, 7) is 0. The van der Waals surface area contributed by atoms with Crippen LogP contribution in [0.5, 0.6) is 0 Å². The van der Waals surface area contributed by atoms with E-state index in [-0.39, 0.29) is 17.1 Å². The number of nitrogen functional groups attached to an aromatic ring is 1. The molecule has 0 saturated heterocycles. The van der Waals surface area contributed by atoms with Gasteiger partial charge in [-0.3, -0.25) is 9.59 Å². The minimum Gasteiger partial charge on any atom is -0.398 e. The summed E-state index contributed by atoms with van der Waals surface area (Å²) in [5, 5.41) is 10.7. The number of rotatable bonds is 1. The van der Waals surface area contributed by atoms with Crippen LogP contribution < -0.4 is 5.73 Å². The minimum atomic E-state index is -0.270. The molecule has 20 heavy (non-hydrogen) atoms. The van der Waals surface area contributed by atoms with Gasteiger partial charge in [0.2, 0.25) is 0 Å². The summed E-state index contributed by atoms with van der Waals surface area (Å²) in [6, 6.07) is 9.74. The molecule has 1 aliphatic rings. The van der Waals surface area contributed by atoms with Gasteiger partial charge < -0.3 is 5.73 Å². The van der Waals surface area contributed by atoms with Gasteiger partial charge in [0.1, 0.15) is 5.40 Å². The number of carbonyl (C=O) groups is 2. The Morgan fingerprint density at radius 3 is 2.25 bits per heavy atom. The Labute approximate surface area is 119 Å².